The molecule has 4 rings (SSSR count). The Morgan fingerprint density at radius 3 is 2.52 bits per heavy atom. The van der Waals surface area contributed by atoms with Crippen LogP contribution in [-0.2, 0) is 15.8 Å². The Morgan fingerprint density at radius 1 is 1.06 bits per heavy atom. The summed E-state index contributed by atoms with van der Waals surface area (Å²) in [5.74, 6) is 0.873. The minimum Gasteiger partial charge on any atom is -0.354 e. The molecule has 0 bridgehead atoms. The molecular formula is C22H30FN5O2S. The lowest BCUT2D eigenvalue weighted by molar-refractivity contribution is 0.383. The fourth-order valence-corrected chi connectivity index (χ4v) is 5.84. The van der Waals surface area contributed by atoms with Crippen LogP contribution >= 0.6 is 0 Å². The van der Waals surface area contributed by atoms with Crippen molar-refractivity contribution in [2.75, 3.05) is 36.4 Å². The van der Waals surface area contributed by atoms with Crippen molar-refractivity contribution < 1.29 is 12.8 Å². The fraction of sp³-hybridized carbons (Fsp3) is 0.545. The zero-order valence-corrected chi connectivity index (χ0v) is 18.7. The van der Waals surface area contributed by atoms with Crippen LogP contribution in [0.3, 0.4) is 0 Å². The van der Waals surface area contributed by atoms with Crippen LogP contribution < -0.4 is 10.2 Å². The molecule has 1 aromatic carbocycles. The molecule has 2 fully saturated rings. The highest BCUT2D eigenvalue weighted by Crippen LogP contribution is 2.23. The normalized spacial score (nSPS) is 18.8. The van der Waals surface area contributed by atoms with Gasteiger partial charge >= 0.3 is 0 Å². The first kappa shape index (κ1) is 22.0. The molecule has 1 saturated carbocycles. The van der Waals surface area contributed by atoms with Crippen LogP contribution in [0.15, 0.2) is 30.3 Å². The number of nitrogens with one attached hydrogen (secondary N) is 1. The molecule has 0 radical (unpaired) electrons. The second-order valence-corrected chi connectivity index (χ2v) is 10.4. The smallest absolute Gasteiger partial charge is 0.225 e. The van der Waals surface area contributed by atoms with Crippen LogP contribution in [0.5, 0.6) is 0 Å². The Balaban J connectivity index is 1.39. The average Bonchev–Trinajstić information content (AvgIpc) is 2.74. The minimum absolute atomic E-state index is 0.188. The van der Waals surface area contributed by atoms with Crippen LogP contribution in [0.25, 0.3) is 0 Å². The van der Waals surface area contributed by atoms with E-state index in [-0.39, 0.29) is 5.75 Å². The van der Waals surface area contributed by atoms with Crippen LogP contribution in [-0.4, -0.2) is 54.9 Å². The minimum atomic E-state index is -3.50. The van der Waals surface area contributed by atoms with Gasteiger partial charge in [0.1, 0.15) is 11.6 Å². The van der Waals surface area contributed by atoms with Crippen molar-refractivity contribution in [1.82, 2.24) is 14.3 Å². The number of anilines is 2. The Hall–Kier alpha value is -2.26. The van der Waals surface area contributed by atoms with Gasteiger partial charge in [0.25, 0.3) is 0 Å². The van der Waals surface area contributed by atoms with E-state index in [0.717, 1.165) is 24.4 Å². The number of benzene rings is 1. The highest BCUT2D eigenvalue weighted by atomic mass is 32.2. The third kappa shape index (κ3) is 5.71. The van der Waals surface area contributed by atoms with Gasteiger partial charge < -0.3 is 10.2 Å². The molecule has 0 atom stereocenters. The predicted octanol–water partition coefficient (Wildman–Crippen LogP) is 3.32. The third-order valence-electron chi connectivity index (χ3n) is 5.97. The van der Waals surface area contributed by atoms with Crippen molar-refractivity contribution in [3.63, 3.8) is 0 Å². The van der Waals surface area contributed by atoms with E-state index in [9.17, 15) is 12.8 Å². The van der Waals surface area contributed by atoms with Gasteiger partial charge in [-0.15, -0.1) is 0 Å². The summed E-state index contributed by atoms with van der Waals surface area (Å²) in [6.45, 7) is 3.83. The standard InChI is InChI=1S/C22H30FN5O2S/c1-17-14-21(26-22(24-17)25-20-8-3-2-4-9-20)27-10-12-28(13-11-27)31(29,30)16-18-6-5-7-19(23)15-18/h5-7,14-15,20H,2-4,8-13,16H2,1H3,(H,24,25,26). The Morgan fingerprint density at radius 2 is 1.81 bits per heavy atom. The van der Waals surface area contributed by atoms with Crippen molar-refractivity contribution in [1.29, 1.82) is 0 Å². The van der Waals surface area contributed by atoms with Crippen molar-refractivity contribution in [3.8, 4) is 0 Å². The predicted molar refractivity (Wildman–Crippen MR) is 120 cm³/mol. The Bertz CT molecular complexity index is 1000. The van der Waals surface area contributed by atoms with E-state index >= 15 is 0 Å². The number of aryl methyl sites for hydroxylation is 1. The molecule has 2 heterocycles. The molecule has 0 amide bonds. The lowest BCUT2D eigenvalue weighted by Gasteiger charge is -2.35. The molecular weight excluding hydrogens is 417 g/mol. The van der Waals surface area contributed by atoms with Crippen LogP contribution in [0.1, 0.15) is 43.4 Å². The van der Waals surface area contributed by atoms with Crippen molar-refractivity contribution in [3.05, 3.63) is 47.4 Å². The van der Waals surface area contributed by atoms with Gasteiger partial charge in [-0.1, -0.05) is 31.4 Å². The molecule has 1 aromatic heterocycles. The van der Waals surface area contributed by atoms with Crippen LogP contribution in [0, 0.1) is 12.7 Å². The number of rotatable bonds is 6. The van der Waals surface area contributed by atoms with Crippen molar-refractivity contribution in [2.24, 2.45) is 0 Å². The SMILES string of the molecule is Cc1cc(N2CCN(S(=O)(=O)Cc3cccc(F)c3)CC2)nc(NC2CCCCC2)n1. The average molecular weight is 448 g/mol. The molecule has 2 aromatic rings. The summed E-state index contributed by atoms with van der Waals surface area (Å²) in [6.07, 6.45) is 6.07. The van der Waals surface area contributed by atoms with Gasteiger partial charge in [-0.3, -0.25) is 0 Å². The highest BCUT2D eigenvalue weighted by molar-refractivity contribution is 7.88. The fourth-order valence-electron chi connectivity index (χ4n) is 4.33. The van der Waals surface area contributed by atoms with E-state index in [1.807, 2.05) is 13.0 Å². The second kappa shape index (κ2) is 9.48. The molecule has 7 nitrogen and oxygen atoms in total. The first-order valence-electron chi connectivity index (χ1n) is 11.0. The van der Waals surface area contributed by atoms with Gasteiger partial charge in [0, 0.05) is 44.0 Å². The molecule has 168 valence electrons. The largest absolute Gasteiger partial charge is 0.354 e. The number of aromatic nitrogens is 2. The molecule has 0 spiro atoms. The molecule has 1 aliphatic carbocycles. The van der Waals surface area contributed by atoms with Gasteiger partial charge in [-0.05, 0) is 37.5 Å². The van der Waals surface area contributed by atoms with Gasteiger partial charge in [0.05, 0.1) is 5.75 Å². The van der Waals surface area contributed by atoms with Gasteiger partial charge in [0.2, 0.25) is 16.0 Å². The van der Waals surface area contributed by atoms with E-state index in [1.54, 1.807) is 6.07 Å². The van der Waals surface area contributed by atoms with Crippen molar-refractivity contribution >= 4 is 21.8 Å². The van der Waals surface area contributed by atoms with Crippen LogP contribution in [0.2, 0.25) is 0 Å². The summed E-state index contributed by atoms with van der Waals surface area (Å²) in [5, 5.41) is 3.48. The topological polar surface area (TPSA) is 78.4 Å². The quantitative estimate of drug-likeness (QED) is 0.732. The summed E-state index contributed by atoms with van der Waals surface area (Å²) in [6, 6.07) is 8.14. The zero-order valence-electron chi connectivity index (χ0n) is 17.9. The maximum Gasteiger partial charge on any atom is 0.225 e. The van der Waals surface area contributed by atoms with E-state index in [1.165, 1.54) is 41.8 Å². The number of hydrogen-bond acceptors (Lipinski definition) is 6. The zero-order chi connectivity index (χ0) is 21.8. The van der Waals surface area contributed by atoms with E-state index in [4.69, 9.17) is 4.98 Å². The van der Waals surface area contributed by atoms with Crippen molar-refractivity contribution in [2.45, 2.75) is 50.8 Å². The second-order valence-electron chi connectivity index (χ2n) is 8.44. The molecule has 1 saturated heterocycles. The summed E-state index contributed by atoms with van der Waals surface area (Å²) in [5.41, 5.74) is 1.36. The first-order valence-corrected chi connectivity index (χ1v) is 12.6. The first-order chi connectivity index (χ1) is 14.9. The van der Waals surface area contributed by atoms with Gasteiger partial charge in [0.15, 0.2) is 0 Å². The van der Waals surface area contributed by atoms with E-state index < -0.39 is 15.8 Å². The number of nitrogens with zero attached hydrogens (tertiary/aromatic N) is 4. The lowest BCUT2D eigenvalue weighted by Crippen LogP contribution is -2.49. The maximum absolute atomic E-state index is 13.4. The van der Waals surface area contributed by atoms with E-state index in [2.05, 4.69) is 15.2 Å². The number of halogens is 1. The molecule has 2 aliphatic rings. The van der Waals surface area contributed by atoms with Gasteiger partial charge in [-0.25, -0.2) is 17.8 Å². The summed E-state index contributed by atoms with van der Waals surface area (Å²) >= 11 is 0. The van der Waals surface area contributed by atoms with Gasteiger partial charge in [-0.2, -0.15) is 9.29 Å². The third-order valence-corrected chi connectivity index (χ3v) is 7.82. The summed E-state index contributed by atoms with van der Waals surface area (Å²) < 4.78 is 40.5. The highest BCUT2D eigenvalue weighted by Gasteiger charge is 2.28. The molecule has 31 heavy (non-hydrogen) atoms. The Kier molecular flexibility index (Phi) is 6.71. The lowest BCUT2D eigenvalue weighted by atomic mass is 9.96. The number of piperazine rings is 1. The van der Waals surface area contributed by atoms with Crippen LogP contribution in [0.4, 0.5) is 16.2 Å². The summed E-state index contributed by atoms with van der Waals surface area (Å²) in [7, 11) is -3.50. The van der Waals surface area contributed by atoms with E-state index in [0.29, 0.717) is 43.7 Å². The molecule has 1 N–H and O–H groups in total. The Labute approximate surface area is 183 Å². The summed E-state index contributed by atoms with van der Waals surface area (Å²) in [4.78, 5) is 11.4. The number of hydrogen-bond donors (Lipinski definition) is 1. The molecule has 9 heteroatoms. The number of sulfonamides is 1. The monoisotopic (exact) mass is 447 g/mol. The molecule has 1 aliphatic heterocycles. The maximum atomic E-state index is 13.4. The molecule has 0 unspecified atom stereocenters.